The lowest BCUT2D eigenvalue weighted by Crippen LogP contribution is -2.14. The van der Waals surface area contributed by atoms with Crippen molar-refractivity contribution in [3.8, 4) is 0 Å². The van der Waals surface area contributed by atoms with Crippen LogP contribution in [0, 0.1) is 0 Å². The summed E-state index contributed by atoms with van der Waals surface area (Å²) in [7, 11) is -3.82. The van der Waals surface area contributed by atoms with Crippen LogP contribution in [0.25, 0.3) is 0 Å². The molecule has 112 valence electrons. The Morgan fingerprint density at radius 1 is 1.00 bits per heavy atom. The zero-order chi connectivity index (χ0) is 15.6. The van der Waals surface area contributed by atoms with Gasteiger partial charge in [-0.15, -0.1) is 11.8 Å². The van der Waals surface area contributed by atoms with Crippen LogP contribution in [-0.2, 0) is 10.0 Å². The van der Waals surface area contributed by atoms with E-state index in [1.807, 2.05) is 0 Å². The SMILES string of the molecule is CSc1ccc(Cl)cc1S(=O)(=O)Nc1cc(Cl)ccc1Cl. The van der Waals surface area contributed by atoms with Crippen LogP contribution >= 0.6 is 46.6 Å². The van der Waals surface area contributed by atoms with Gasteiger partial charge in [0.1, 0.15) is 4.90 Å². The molecular formula is C13H10Cl3NO2S2. The van der Waals surface area contributed by atoms with Gasteiger partial charge in [0.25, 0.3) is 10.0 Å². The highest BCUT2D eigenvalue weighted by Crippen LogP contribution is 2.32. The monoisotopic (exact) mass is 381 g/mol. The molecule has 21 heavy (non-hydrogen) atoms. The molecule has 0 aromatic heterocycles. The van der Waals surface area contributed by atoms with Crippen LogP contribution < -0.4 is 4.72 Å². The predicted molar refractivity (Wildman–Crippen MR) is 90.5 cm³/mol. The third kappa shape index (κ3) is 3.99. The summed E-state index contributed by atoms with van der Waals surface area (Å²) in [5.41, 5.74) is 0.219. The molecule has 0 bridgehead atoms. The maximum atomic E-state index is 12.5. The van der Waals surface area contributed by atoms with Gasteiger partial charge in [-0.3, -0.25) is 4.72 Å². The molecule has 1 N–H and O–H groups in total. The van der Waals surface area contributed by atoms with Crippen LogP contribution in [0.1, 0.15) is 0 Å². The fraction of sp³-hybridized carbons (Fsp3) is 0.0769. The molecule has 0 saturated carbocycles. The average molecular weight is 383 g/mol. The van der Waals surface area contributed by atoms with Crippen LogP contribution in [0.15, 0.2) is 46.2 Å². The molecule has 2 aromatic carbocycles. The minimum absolute atomic E-state index is 0.0959. The lowest BCUT2D eigenvalue weighted by molar-refractivity contribution is 0.599. The molecule has 3 nitrogen and oxygen atoms in total. The summed E-state index contributed by atoms with van der Waals surface area (Å²) in [6.45, 7) is 0. The van der Waals surface area contributed by atoms with E-state index in [4.69, 9.17) is 34.8 Å². The number of sulfonamides is 1. The van der Waals surface area contributed by atoms with E-state index >= 15 is 0 Å². The van der Waals surface area contributed by atoms with E-state index in [1.54, 1.807) is 24.5 Å². The van der Waals surface area contributed by atoms with E-state index in [2.05, 4.69) is 4.72 Å². The van der Waals surface area contributed by atoms with Gasteiger partial charge in [0.05, 0.1) is 10.7 Å². The summed E-state index contributed by atoms with van der Waals surface area (Å²) < 4.78 is 27.5. The third-order valence-electron chi connectivity index (χ3n) is 2.59. The summed E-state index contributed by atoms with van der Waals surface area (Å²) in [6.07, 6.45) is 1.79. The van der Waals surface area contributed by atoms with Gasteiger partial charge in [0.15, 0.2) is 0 Å². The number of hydrogen-bond donors (Lipinski definition) is 1. The summed E-state index contributed by atoms with van der Waals surface area (Å²) in [6, 6.07) is 9.24. The number of anilines is 1. The molecule has 0 saturated heterocycles. The second kappa shape index (κ2) is 6.67. The summed E-state index contributed by atoms with van der Waals surface area (Å²) in [5, 5.41) is 0.981. The molecule has 0 aliphatic heterocycles. The number of hydrogen-bond acceptors (Lipinski definition) is 3. The summed E-state index contributed by atoms with van der Waals surface area (Å²) in [5.74, 6) is 0. The smallest absolute Gasteiger partial charge is 0.263 e. The molecule has 0 radical (unpaired) electrons. The molecular weight excluding hydrogens is 373 g/mol. The molecule has 0 aliphatic rings. The van der Waals surface area contributed by atoms with E-state index < -0.39 is 10.0 Å². The van der Waals surface area contributed by atoms with Crippen LogP contribution in [0.2, 0.25) is 15.1 Å². The number of rotatable bonds is 4. The zero-order valence-corrected chi connectivity index (χ0v) is 14.6. The minimum Gasteiger partial charge on any atom is -0.278 e. The van der Waals surface area contributed by atoms with Gasteiger partial charge >= 0.3 is 0 Å². The Morgan fingerprint density at radius 3 is 2.29 bits per heavy atom. The molecule has 0 fully saturated rings. The van der Waals surface area contributed by atoms with Crippen LogP contribution in [0.3, 0.4) is 0 Å². The van der Waals surface area contributed by atoms with Crippen molar-refractivity contribution < 1.29 is 8.42 Å². The van der Waals surface area contributed by atoms with Crippen molar-refractivity contribution >= 4 is 62.3 Å². The zero-order valence-electron chi connectivity index (χ0n) is 10.7. The molecule has 0 aliphatic carbocycles. The Hall–Kier alpha value is -0.590. The molecule has 0 atom stereocenters. The first-order chi connectivity index (χ1) is 9.83. The lowest BCUT2D eigenvalue weighted by atomic mass is 10.3. The van der Waals surface area contributed by atoms with Gasteiger partial charge in [0.2, 0.25) is 0 Å². The number of nitrogens with one attached hydrogen (secondary N) is 1. The number of thioether (sulfide) groups is 1. The van der Waals surface area contributed by atoms with Crippen LogP contribution in [-0.4, -0.2) is 14.7 Å². The number of halogens is 3. The van der Waals surface area contributed by atoms with Crippen molar-refractivity contribution in [3.63, 3.8) is 0 Å². The first-order valence-corrected chi connectivity index (χ1v) is 9.49. The van der Waals surface area contributed by atoms with E-state index in [0.717, 1.165) is 0 Å². The second-order valence-corrected chi connectivity index (χ2v) is 7.80. The molecule has 0 heterocycles. The van der Waals surface area contributed by atoms with Gasteiger partial charge in [-0.1, -0.05) is 34.8 Å². The van der Waals surface area contributed by atoms with E-state index in [-0.39, 0.29) is 15.6 Å². The van der Waals surface area contributed by atoms with Crippen molar-refractivity contribution in [2.24, 2.45) is 0 Å². The highest BCUT2D eigenvalue weighted by atomic mass is 35.5. The average Bonchev–Trinajstić information content (AvgIpc) is 2.42. The Labute approximate surface area is 142 Å². The fourth-order valence-electron chi connectivity index (χ4n) is 1.64. The third-order valence-corrected chi connectivity index (χ3v) is 5.72. The van der Waals surface area contributed by atoms with Crippen molar-refractivity contribution in [3.05, 3.63) is 51.5 Å². The summed E-state index contributed by atoms with van der Waals surface area (Å²) >= 11 is 19.0. The maximum Gasteiger partial charge on any atom is 0.263 e. The Morgan fingerprint density at radius 2 is 1.62 bits per heavy atom. The quantitative estimate of drug-likeness (QED) is 0.742. The van der Waals surface area contributed by atoms with Crippen LogP contribution in [0.5, 0.6) is 0 Å². The van der Waals surface area contributed by atoms with Crippen LogP contribution in [0.4, 0.5) is 5.69 Å². The topological polar surface area (TPSA) is 46.2 Å². The van der Waals surface area contributed by atoms with Gasteiger partial charge in [-0.2, -0.15) is 0 Å². The Kier molecular flexibility index (Phi) is 5.33. The normalized spacial score (nSPS) is 11.4. The molecule has 8 heteroatoms. The lowest BCUT2D eigenvalue weighted by Gasteiger charge is -2.12. The molecule has 0 amide bonds. The fourth-order valence-corrected chi connectivity index (χ4v) is 4.49. The van der Waals surface area contributed by atoms with Gasteiger partial charge in [-0.05, 0) is 42.7 Å². The van der Waals surface area contributed by atoms with Gasteiger partial charge in [-0.25, -0.2) is 8.42 Å². The molecule has 2 aromatic rings. The first-order valence-electron chi connectivity index (χ1n) is 5.65. The molecule has 0 spiro atoms. The highest BCUT2D eigenvalue weighted by Gasteiger charge is 2.20. The van der Waals surface area contributed by atoms with Crippen molar-refractivity contribution in [2.75, 3.05) is 11.0 Å². The Balaban J connectivity index is 2.48. The van der Waals surface area contributed by atoms with E-state index in [9.17, 15) is 8.42 Å². The van der Waals surface area contributed by atoms with E-state index in [0.29, 0.717) is 14.9 Å². The highest BCUT2D eigenvalue weighted by molar-refractivity contribution is 7.99. The maximum absolute atomic E-state index is 12.5. The van der Waals surface area contributed by atoms with Crippen molar-refractivity contribution in [2.45, 2.75) is 9.79 Å². The van der Waals surface area contributed by atoms with Gasteiger partial charge in [0, 0.05) is 14.9 Å². The molecule has 2 rings (SSSR count). The van der Waals surface area contributed by atoms with Crippen molar-refractivity contribution in [1.82, 2.24) is 0 Å². The minimum atomic E-state index is -3.82. The number of benzene rings is 2. The first kappa shape index (κ1) is 16.8. The predicted octanol–water partition coefficient (Wildman–Crippen LogP) is 5.17. The Bertz CT molecular complexity index is 779. The largest absolute Gasteiger partial charge is 0.278 e. The van der Waals surface area contributed by atoms with Gasteiger partial charge < -0.3 is 0 Å². The second-order valence-electron chi connectivity index (χ2n) is 4.02. The summed E-state index contributed by atoms with van der Waals surface area (Å²) in [4.78, 5) is 0.684. The van der Waals surface area contributed by atoms with E-state index in [1.165, 1.54) is 30.0 Å². The standard InChI is InChI=1S/C13H10Cl3NO2S2/c1-20-12-5-3-9(15)7-13(12)21(18,19)17-11-6-8(14)2-4-10(11)16/h2-7,17H,1H3. The van der Waals surface area contributed by atoms with Crippen molar-refractivity contribution in [1.29, 1.82) is 0 Å². The molecule has 0 unspecified atom stereocenters.